The highest BCUT2D eigenvalue weighted by atomic mass is 33.1. The molecule has 408 valence electrons. The Morgan fingerprint density at radius 3 is 2.09 bits per heavy atom. The van der Waals surface area contributed by atoms with E-state index in [9.17, 15) is 68.1 Å². The van der Waals surface area contributed by atoms with Gasteiger partial charge < -0.3 is 74.5 Å². The molecule has 3 rings (SSSR count). The molecule has 6 amide bonds. The lowest BCUT2D eigenvalue weighted by molar-refractivity contribution is -0.143. The lowest BCUT2D eigenvalue weighted by Gasteiger charge is -2.29. The molecule has 0 saturated heterocycles. The molecule has 5 atom stereocenters. The highest BCUT2D eigenvalue weighted by molar-refractivity contribution is 8.76. The number of guanidine groups is 1. The number of nitrogens with two attached hydrogens (primary N) is 3. The maximum absolute atomic E-state index is 13.6. The molecule has 1 aromatic heterocycles. The fourth-order valence-electron chi connectivity index (χ4n) is 6.51. The van der Waals surface area contributed by atoms with Crippen molar-refractivity contribution in [3.63, 3.8) is 0 Å². The highest BCUT2D eigenvalue weighted by Crippen LogP contribution is 2.22. The van der Waals surface area contributed by atoms with Crippen LogP contribution in [-0.2, 0) is 54.4 Å². The molecule has 0 bridgehead atoms. The number of fused-ring (bicyclic) bond motifs is 1. The van der Waals surface area contributed by atoms with Crippen LogP contribution < -0.4 is 60.0 Å². The number of nitrogen functional groups attached to an aromatic ring is 1. The largest absolute Gasteiger partial charge is 0.481 e. The van der Waals surface area contributed by atoms with Crippen molar-refractivity contribution in [1.29, 1.82) is 0 Å². The summed E-state index contributed by atoms with van der Waals surface area (Å²) in [4.78, 5) is 149. The van der Waals surface area contributed by atoms with Crippen LogP contribution in [0.5, 0.6) is 0 Å². The Labute approximate surface area is 436 Å². The van der Waals surface area contributed by atoms with Gasteiger partial charge in [0, 0.05) is 49.2 Å². The van der Waals surface area contributed by atoms with Crippen molar-refractivity contribution >= 4 is 109 Å². The van der Waals surface area contributed by atoms with E-state index >= 15 is 0 Å². The molecule has 75 heavy (non-hydrogen) atoms. The quantitative estimate of drug-likeness (QED) is 0.0115. The Morgan fingerprint density at radius 2 is 1.47 bits per heavy atom. The minimum atomic E-state index is -1.80. The summed E-state index contributed by atoms with van der Waals surface area (Å²) in [5, 5.41) is 46.6. The number of nitrogens with one attached hydrogen (secondary N) is 8. The van der Waals surface area contributed by atoms with Crippen molar-refractivity contribution < 1.29 is 68.0 Å². The van der Waals surface area contributed by atoms with Crippen molar-refractivity contribution in [1.82, 2.24) is 41.9 Å². The van der Waals surface area contributed by atoms with Crippen molar-refractivity contribution in [3.8, 4) is 0 Å². The summed E-state index contributed by atoms with van der Waals surface area (Å²) in [7, 11) is 2.18. The van der Waals surface area contributed by atoms with Gasteiger partial charge in [-0.2, -0.15) is 0 Å². The van der Waals surface area contributed by atoms with Crippen LogP contribution in [-0.4, -0.2) is 151 Å². The number of carbonyl (C=O) groups is 10. The number of nitrogens with zero attached hydrogens (tertiary/aromatic N) is 2. The Kier molecular flexibility index (Phi) is 24.1. The first-order valence-electron chi connectivity index (χ1n) is 22.8. The second-order valence-electron chi connectivity index (χ2n) is 17.0. The summed E-state index contributed by atoms with van der Waals surface area (Å²) >= 11 is 0. The van der Waals surface area contributed by atoms with Crippen molar-refractivity contribution in [2.24, 2.45) is 16.5 Å². The molecule has 28 nitrogen and oxygen atoms in total. The van der Waals surface area contributed by atoms with Gasteiger partial charge in [0.05, 0.1) is 17.3 Å². The fraction of sp³-hybridized carbons (Fsp3) is 0.444. The van der Waals surface area contributed by atoms with Crippen LogP contribution >= 0.6 is 21.6 Å². The number of aromatic amines is 1. The average molecular weight is 1090 g/mol. The van der Waals surface area contributed by atoms with Gasteiger partial charge >= 0.3 is 23.9 Å². The third kappa shape index (κ3) is 21.5. The number of esters is 1. The normalized spacial score (nSPS) is 13.0. The molecule has 0 aliphatic rings. The van der Waals surface area contributed by atoms with Crippen LogP contribution in [0.15, 0.2) is 52.3 Å². The molecule has 30 heteroatoms. The topological polar surface area (TPSA) is 461 Å². The second kappa shape index (κ2) is 29.5. The Balaban J connectivity index is 1.59. The minimum absolute atomic E-state index is 0.00379. The number of ether oxygens (including phenoxy) is 1. The lowest BCUT2D eigenvalue weighted by atomic mass is 10.0. The zero-order valence-electron chi connectivity index (χ0n) is 41.2. The molecule has 0 aliphatic heterocycles. The zero-order valence-corrected chi connectivity index (χ0v) is 42.8. The summed E-state index contributed by atoms with van der Waals surface area (Å²) in [5.41, 5.74) is 16.2. The first-order chi connectivity index (χ1) is 35.3. The molecule has 0 spiro atoms. The third-order valence-electron chi connectivity index (χ3n) is 10.5. The monoisotopic (exact) mass is 1090 g/mol. The van der Waals surface area contributed by atoms with Gasteiger partial charge in [-0.15, -0.1) is 0 Å². The van der Waals surface area contributed by atoms with Crippen molar-refractivity contribution in [2.45, 2.75) is 102 Å². The minimum Gasteiger partial charge on any atom is -0.481 e. The van der Waals surface area contributed by atoms with Gasteiger partial charge in [0.1, 0.15) is 42.4 Å². The maximum Gasteiger partial charge on any atom is 0.327 e. The highest BCUT2D eigenvalue weighted by Gasteiger charge is 2.35. The number of benzene rings is 2. The molecular formula is C45H61N13O15S2. The van der Waals surface area contributed by atoms with E-state index in [1.54, 1.807) is 30.3 Å². The summed E-state index contributed by atoms with van der Waals surface area (Å²) < 4.78 is 4.80. The number of aromatic nitrogens is 2. The van der Waals surface area contributed by atoms with Crippen LogP contribution in [0, 0.1) is 0 Å². The van der Waals surface area contributed by atoms with Gasteiger partial charge in [-0.05, 0) is 82.0 Å². The SMILES string of the molecule is CC(=O)OCCSSC[C@H](NC(=O)[C@H](CC(=O)O)NC(=O)[C@@H](C)NC(=O)[C@H](CCCN=C(N)N)NC(=O)C(C)(C)NC(=O)CC[C@H](NC(=O)c1ccc(NCc2ccc3nc(N)[nH]c(=O)c3c2)cc1)C(=O)O)C(=O)O. The standard InChI is InChI=1S/C45H61N13O15S2/c1-22(35(63)53-31(19-34(61)62)39(67)54-32(41(70)71)21-75-74-17-16-73-23(2)59)51-38(66)29(6-5-15-49-43(46)47)55-42(72)45(3,4)58-33(60)14-13-30(40(68)69)52-36(64)25-8-10-26(11-9-25)50-20-24-7-12-28-27(18-24)37(65)57-44(48)56-28/h7-12,18,22,29-32,50H,5-6,13-17,19-21H2,1-4H3,(H,51,66)(H,52,64)(H,53,63)(H,54,67)(H,55,72)(H,58,60)(H,61,62)(H,68,69)(H,70,71)(H4,46,47,49)(H3,48,56,57,65)/t22-,29+,30+,31+,32+/m1/s1. The number of anilines is 2. The smallest absolute Gasteiger partial charge is 0.327 e. The van der Waals surface area contributed by atoms with Gasteiger partial charge in [-0.3, -0.25) is 53.1 Å². The van der Waals surface area contributed by atoms with Crippen LogP contribution in [0.4, 0.5) is 11.6 Å². The Hall–Kier alpha value is -8.15. The van der Waals surface area contributed by atoms with E-state index in [2.05, 4.69) is 52.2 Å². The van der Waals surface area contributed by atoms with Crippen LogP contribution in [0.2, 0.25) is 0 Å². The maximum atomic E-state index is 13.6. The van der Waals surface area contributed by atoms with Gasteiger partial charge in [0.2, 0.25) is 35.5 Å². The van der Waals surface area contributed by atoms with Crippen LogP contribution in [0.1, 0.15) is 75.7 Å². The van der Waals surface area contributed by atoms with E-state index in [1.807, 2.05) is 0 Å². The number of carboxylic acids is 3. The number of aliphatic imine (C=N–C) groups is 1. The average Bonchev–Trinajstić information content (AvgIpc) is 3.32. The summed E-state index contributed by atoms with van der Waals surface area (Å²) in [5.74, 6) is -10.7. The van der Waals surface area contributed by atoms with E-state index in [-0.39, 0.29) is 54.8 Å². The van der Waals surface area contributed by atoms with E-state index in [4.69, 9.17) is 21.9 Å². The molecule has 1 heterocycles. The molecular weight excluding hydrogens is 1030 g/mol. The molecule has 2 aromatic carbocycles. The fourth-order valence-corrected chi connectivity index (χ4v) is 8.49. The summed E-state index contributed by atoms with van der Waals surface area (Å²) in [6.45, 7) is 5.36. The number of rotatable bonds is 31. The van der Waals surface area contributed by atoms with Gasteiger partial charge in [0.15, 0.2) is 5.96 Å². The van der Waals surface area contributed by atoms with E-state index in [0.717, 1.165) is 27.2 Å². The molecule has 0 radical (unpaired) electrons. The van der Waals surface area contributed by atoms with Gasteiger partial charge in [0.25, 0.3) is 11.5 Å². The lowest BCUT2D eigenvalue weighted by Crippen LogP contribution is -2.60. The van der Waals surface area contributed by atoms with E-state index in [0.29, 0.717) is 28.9 Å². The number of hydrogen-bond donors (Lipinski definition) is 14. The van der Waals surface area contributed by atoms with E-state index < -0.39 is 114 Å². The zero-order chi connectivity index (χ0) is 56.0. The summed E-state index contributed by atoms with van der Waals surface area (Å²) in [6.07, 6.45) is -1.88. The first-order valence-corrected chi connectivity index (χ1v) is 25.3. The number of H-pyrrole nitrogens is 1. The summed E-state index contributed by atoms with van der Waals surface area (Å²) in [6, 6.07) is 3.41. The molecule has 0 fully saturated rings. The van der Waals surface area contributed by atoms with E-state index in [1.165, 1.54) is 39.8 Å². The number of amides is 6. The molecule has 3 aromatic rings. The number of carbonyl (C=O) groups excluding carboxylic acids is 7. The molecule has 0 aliphatic carbocycles. The number of carboxylic acid groups (broad SMARTS) is 3. The number of hydrogen-bond acceptors (Lipinski definition) is 18. The number of aliphatic carboxylic acids is 3. The Bertz CT molecular complexity index is 2670. The van der Waals surface area contributed by atoms with Crippen LogP contribution in [0.25, 0.3) is 10.9 Å². The van der Waals surface area contributed by atoms with Gasteiger partial charge in [-0.25, -0.2) is 14.6 Å². The molecule has 0 unspecified atom stereocenters. The predicted octanol–water partition coefficient (Wildman–Crippen LogP) is -1.51. The van der Waals surface area contributed by atoms with Crippen molar-refractivity contribution in [3.05, 3.63) is 63.9 Å². The predicted molar refractivity (Wildman–Crippen MR) is 276 cm³/mol. The Morgan fingerprint density at radius 1 is 0.813 bits per heavy atom. The molecule has 0 saturated carbocycles. The van der Waals surface area contributed by atoms with Gasteiger partial charge in [-0.1, -0.05) is 27.7 Å². The molecule has 17 N–H and O–H groups in total. The second-order valence-corrected chi connectivity index (χ2v) is 19.6. The van der Waals surface area contributed by atoms with Crippen molar-refractivity contribution in [2.75, 3.05) is 35.7 Å². The third-order valence-corrected chi connectivity index (χ3v) is 12.8. The van der Waals surface area contributed by atoms with Crippen LogP contribution in [0.3, 0.4) is 0 Å². The first kappa shape index (κ1) is 61.2.